The van der Waals surface area contributed by atoms with Gasteiger partial charge in [0.25, 0.3) is 0 Å². The fourth-order valence-electron chi connectivity index (χ4n) is 3.70. The van der Waals surface area contributed by atoms with Gasteiger partial charge in [0, 0.05) is 43.2 Å². The van der Waals surface area contributed by atoms with Crippen LogP contribution in [0.2, 0.25) is 0 Å². The highest BCUT2D eigenvalue weighted by atomic mass is 19.1. The first kappa shape index (κ1) is 19.9. The van der Waals surface area contributed by atoms with E-state index in [1.165, 1.54) is 12.1 Å². The van der Waals surface area contributed by atoms with E-state index in [1.807, 2.05) is 36.1 Å². The first-order valence-electron chi connectivity index (χ1n) is 10.1. The maximum atomic E-state index is 13.5. The number of furan rings is 1. The summed E-state index contributed by atoms with van der Waals surface area (Å²) in [5.41, 5.74) is 3.62. The molecule has 1 aliphatic rings. The number of nitrogens with zero attached hydrogens (tertiary/aromatic N) is 2. The fraction of sp³-hybridized carbons (Fsp3) is 0.304. The van der Waals surface area contributed by atoms with Crippen molar-refractivity contribution in [3.63, 3.8) is 0 Å². The van der Waals surface area contributed by atoms with Crippen LogP contribution in [-0.4, -0.2) is 25.5 Å². The number of nitrogens with one attached hydrogen (secondary N) is 2. The van der Waals surface area contributed by atoms with E-state index in [2.05, 4.69) is 15.6 Å². The molecule has 156 valence electrons. The lowest BCUT2D eigenvalue weighted by Crippen LogP contribution is -2.36. The van der Waals surface area contributed by atoms with E-state index in [0.717, 1.165) is 40.9 Å². The van der Waals surface area contributed by atoms with Gasteiger partial charge in [-0.2, -0.15) is 0 Å². The summed E-state index contributed by atoms with van der Waals surface area (Å²) in [6.45, 7) is 3.75. The Morgan fingerprint density at radius 1 is 1.17 bits per heavy atom. The Balaban J connectivity index is 1.34. The van der Waals surface area contributed by atoms with Gasteiger partial charge in [-0.25, -0.2) is 4.39 Å². The molecular weight excluding hydrogens is 383 g/mol. The summed E-state index contributed by atoms with van der Waals surface area (Å²) in [7, 11) is 1.71. The Morgan fingerprint density at radius 2 is 1.93 bits per heavy atom. The normalized spacial score (nSPS) is 14.6. The zero-order chi connectivity index (χ0) is 21.1. The molecule has 0 spiro atoms. The van der Waals surface area contributed by atoms with Gasteiger partial charge in [0.1, 0.15) is 17.2 Å². The van der Waals surface area contributed by atoms with Crippen molar-refractivity contribution in [2.45, 2.75) is 32.9 Å². The second-order valence-corrected chi connectivity index (χ2v) is 7.39. The summed E-state index contributed by atoms with van der Waals surface area (Å²) in [4.78, 5) is 17.9. The Morgan fingerprint density at radius 3 is 2.63 bits per heavy atom. The van der Waals surface area contributed by atoms with Gasteiger partial charge in [-0.15, -0.1) is 0 Å². The number of aryl methyl sites for hydroxylation is 1. The molecule has 3 aromatic rings. The lowest BCUT2D eigenvalue weighted by Gasteiger charge is -2.16. The van der Waals surface area contributed by atoms with Crippen molar-refractivity contribution in [3.05, 3.63) is 65.2 Å². The first-order chi connectivity index (χ1) is 14.5. The number of guanidine groups is 1. The van der Waals surface area contributed by atoms with Gasteiger partial charge in [0.05, 0.1) is 6.54 Å². The van der Waals surface area contributed by atoms with E-state index in [9.17, 15) is 9.18 Å². The molecule has 2 heterocycles. The monoisotopic (exact) mass is 408 g/mol. The van der Waals surface area contributed by atoms with Crippen molar-refractivity contribution in [2.75, 3.05) is 18.5 Å². The second kappa shape index (κ2) is 8.57. The number of aliphatic imine (C=N–C) groups is 1. The Kier molecular flexibility index (Phi) is 5.70. The molecule has 1 saturated heterocycles. The predicted molar refractivity (Wildman–Crippen MR) is 116 cm³/mol. The van der Waals surface area contributed by atoms with Crippen molar-refractivity contribution in [3.8, 4) is 0 Å². The number of hydrogen-bond donors (Lipinski definition) is 2. The highest BCUT2D eigenvalue weighted by Crippen LogP contribution is 2.26. The molecule has 1 aromatic heterocycles. The third-order valence-electron chi connectivity index (χ3n) is 5.42. The molecule has 0 bridgehead atoms. The number of amides is 1. The number of carbonyl (C=O) groups excluding carboxylic acids is 1. The van der Waals surface area contributed by atoms with Crippen molar-refractivity contribution < 1.29 is 13.6 Å². The molecule has 0 unspecified atom stereocenters. The van der Waals surface area contributed by atoms with Crippen molar-refractivity contribution in [1.29, 1.82) is 0 Å². The Hall–Kier alpha value is -3.35. The minimum absolute atomic E-state index is 0.189. The van der Waals surface area contributed by atoms with Gasteiger partial charge < -0.3 is 20.0 Å². The van der Waals surface area contributed by atoms with Crippen LogP contribution in [0.15, 0.2) is 51.9 Å². The zero-order valence-corrected chi connectivity index (χ0v) is 17.2. The second-order valence-electron chi connectivity index (χ2n) is 7.39. The van der Waals surface area contributed by atoms with E-state index >= 15 is 0 Å². The van der Waals surface area contributed by atoms with E-state index in [4.69, 9.17) is 4.42 Å². The first-order valence-corrected chi connectivity index (χ1v) is 10.1. The number of carbonyl (C=O) groups is 1. The Bertz CT molecular complexity index is 1090. The van der Waals surface area contributed by atoms with Gasteiger partial charge in [-0.3, -0.25) is 9.79 Å². The van der Waals surface area contributed by atoms with E-state index in [1.54, 1.807) is 13.1 Å². The quantitative estimate of drug-likeness (QED) is 0.497. The maximum absolute atomic E-state index is 13.5. The van der Waals surface area contributed by atoms with Gasteiger partial charge in [-0.05, 0) is 49.2 Å². The summed E-state index contributed by atoms with van der Waals surface area (Å²) >= 11 is 0. The van der Waals surface area contributed by atoms with Crippen LogP contribution in [0.5, 0.6) is 0 Å². The number of halogens is 1. The van der Waals surface area contributed by atoms with E-state index < -0.39 is 0 Å². The minimum Gasteiger partial charge on any atom is -0.459 e. The smallest absolute Gasteiger partial charge is 0.227 e. The van der Waals surface area contributed by atoms with Crippen molar-refractivity contribution in [1.82, 2.24) is 10.6 Å². The van der Waals surface area contributed by atoms with Crippen molar-refractivity contribution in [2.24, 2.45) is 4.99 Å². The average Bonchev–Trinajstić information content (AvgIpc) is 3.32. The summed E-state index contributed by atoms with van der Waals surface area (Å²) < 4.78 is 19.3. The summed E-state index contributed by atoms with van der Waals surface area (Å²) in [6.07, 6.45) is 1.55. The predicted octanol–water partition coefficient (Wildman–Crippen LogP) is 3.87. The SMILES string of the molecule is CN=C(NCc1ccc(N2CCCC2=O)cc1)NCc1oc2ccc(F)cc2c1C. The topological polar surface area (TPSA) is 69.9 Å². The summed E-state index contributed by atoms with van der Waals surface area (Å²) in [5, 5.41) is 7.29. The molecule has 0 aliphatic carbocycles. The number of hydrogen-bond acceptors (Lipinski definition) is 3. The molecule has 2 N–H and O–H groups in total. The molecule has 1 amide bonds. The largest absolute Gasteiger partial charge is 0.459 e. The van der Waals surface area contributed by atoms with Gasteiger partial charge in [-0.1, -0.05) is 12.1 Å². The number of benzene rings is 2. The van der Waals surface area contributed by atoms with Crippen LogP contribution < -0.4 is 15.5 Å². The van der Waals surface area contributed by atoms with Crippen LogP contribution in [0.4, 0.5) is 10.1 Å². The Labute approximate surface area is 174 Å². The van der Waals surface area contributed by atoms with Crippen LogP contribution in [0.3, 0.4) is 0 Å². The highest BCUT2D eigenvalue weighted by molar-refractivity contribution is 5.95. The van der Waals surface area contributed by atoms with E-state index in [-0.39, 0.29) is 11.7 Å². The highest BCUT2D eigenvalue weighted by Gasteiger charge is 2.21. The third-order valence-corrected chi connectivity index (χ3v) is 5.42. The van der Waals surface area contributed by atoms with Gasteiger partial charge >= 0.3 is 0 Å². The zero-order valence-electron chi connectivity index (χ0n) is 17.2. The number of anilines is 1. The molecular formula is C23H25FN4O2. The molecule has 1 aliphatic heterocycles. The van der Waals surface area contributed by atoms with Crippen LogP contribution in [0, 0.1) is 12.7 Å². The molecule has 0 atom stereocenters. The van der Waals surface area contributed by atoms with Crippen molar-refractivity contribution >= 4 is 28.5 Å². The number of fused-ring (bicyclic) bond motifs is 1. The standard InChI is InChI=1S/C23H25FN4O2/c1-15-19-12-17(24)7-10-20(19)30-21(15)14-27-23(25-2)26-13-16-5-8-18(9-6-16)28-11-3-4-22(28)29/h5-10,12H,3-4,11,13-14H2,1-2H3,(H2,25,26,27). The minimum atomic E-state index is -0.275. The lowest BCUT2D eigenvalue weighted by molar-refractivity contribution is -0.117. The molecule has 30 heavy (non-hydrogen) atoms. The fourth-order valence-corrected chi connectivity index (χ4v) is 3.70. The maximum Gasteiger partial charge on any atom is 0.227 e. The molecule has 0 radical (unpaired) electrons. The van der Waals surface area contributed by atoms with Crippen LogP contribution in [-0.2, 0) is 17.9 Å². The molecule has 0 saturated carbocycles. The van der Waals surface area contributed by atoms with Crippen LogP contribution in [0.25, 0.3) is 11.0 Å². The summed E-state index contributed by atoms with van der Waals surface area (Å²) in [5.74, 6) is 1.30. The van der Waals surface area contributed by atoms with Crippen LogP contribution in [0.1, 0.15) is 29.7 Å². The molecule has 4 rings (SSSR count). The van der Waals surface area contributed by atoms with Crippen LogP contribution >= 0.6 is 0 Å². The molecule has 2 aromatic carbocycles. The van der Waals surface area contributed by atoms with Gasteiger partial charge in [0.2, 0.25) is 5.91 Å². The average molecular weight is 408 g/mol. The molecule has 6 nitrogen and oxygen atoms in total. The molecule has 1 fully saturated rings. The van der Waals surface area contributed by atoms with E-state index in [0.29, 0.717) is 31.1 Å². The number of rotatable bonds is 5. The molecule has 7 heteroatoms. The lowest BCUT2D eigenvalue weighted by atomic mass is 10.1. The van der Waals surface area contributed by atoms with Gasteiger partial charge in [0.15, 0.2) is 5.96 Å². The third kappa shape index (κ3) is 4.15. The summed E-state index contributed by atoms with van der Waals surface area (Å²) in [6, 6.07) is 12.5.